The highest BCUT2D eigenvalue weighted by Gasteiger charge is 2.57. The van der Waals surface area contributed by atoms with Gasteiger partial charge in [0.1, 0.15) is 13.2 Å². The number of nitrogens with one attached hydrogen (secondary N) is 1. The van der Waals surface area contributed by atoms with Crippen molar-refractivity contribution in [2.24, 2.45) is 11.8 Å². The van der Waals surface area contributed by atoms with Crippen molar-refractivity contribution in [3.8, 4) is 11.5 Å². The zero-order chi connectivity index (χ0) is 18.4. The number of hydrogen-bond donors (Lipinski definition) is 2. The second-order valence-corrected chi connectivity index (χ2v) is 8.01. The predicted molar refractivity (Wildman–Crippen MR) is 103 cm³/mol. The summed E-state index contributed by atoms with van der Waals surface area (Å²) < 4.78 is 11.5. The topological polar surface area (TPSA) is 54.0 Å². The lowest BCUT2D eigenvalue weighted by Crippen LogP contribution is -2.47. The lowest BCUT2D eigenvalue weighted by atomic mass is 9.76. The number of rotatable bonds is 3. The third-order valence-corrected chi connectivity index (χ3v) is 6.49. The monoisotopic (exact) mass is 366 g/mol. The first-order chi connectivity index (χ1) is 13.2. The number of hydrogen-bond acceptors (Lipinski definition) is 5. The van der Waals surface area contributed by atoms with Crippen molar-refractivity contribution in [2.75, 3.05) is 40.0 Å². The standard InChI is InChI=1S/C22H26N2O3/c1-24-12-17-18(13-24)22(14-25,16-5-3-2-4-6-16)23-21(17)15-7-8-19-20(11-15)27-10-9-26-19/h2-8,11,17-18,21,23,25H,9-10,12-14H2,1H3/t17-,18+,21-,22-/m1/s1. The maximum absolute atomic E-state index is 10.5. The summed E-state index contributed by atoms with van der Waals surface area (Å²) in [6, 6.07) is 16.8. The van der Waals surface area contributed by atoms with Crippen molar-refractivity contribution in [1.29, 1.82) is 0 Å². The smallest absolute Gasteiger partial charge is 0.161 e. The Hall–Kier alpha value is -2.08. The minimum Gasteiger partial charge on any atom is -0.486 e. The molecule has 0 spiro atoms. The van der Waals surface area contributed by atoms with E-state index in [2.05, 4.69) is 53.7 Å². The SMILES string of the molecule is CN1C[C@H]2[C@@H](c3ccc4c(c3)OCCO4)N[C@](CO)(c3ccccc3)[C@H]2C1. The van der Waals surface area contributed by atoms with Crippen LogP contribution in [0, 0.1) is 11.8 Å². The summed E-state index contributed by atoms with van der Waals surface area (Å²) in [6.45, 7) is 3.28. The van der Waals surface area contributed by atoms with Crippen LogP contribution < -0.4 is 14.8 Å². The molecule has 2 aromatic rings. The van der Waals surface area contributed by atoms with Crippen molar-refractivity contribution < 1.29 is 14.6 Å². The molecule has 3 aliphatic rings. The Morgan fingerprint density at radius 1 is 1.07 bits per heavy atom. The molecule has 27 heavy (non-hydrogen) atoms. The second kappa shape index (κ2) is 6.51. The molecule has 2 aromatic carbocycles. The zero-order valence-electron chi connectivity index (χ0n) is 15.6. The van der Waals surface area contributed by atoms with Crippen LogP contribution in [-0.4, -0.2) is 50.0 Å². The zero-order valence-corrected chi connectivity index (χ0v) is 15.6. The highest BCUT2D eigenvalue weighted by atomic mass is 16.6. The van der Waals surface area contributed by atoms with Crippen molar-refractivity contribution in [1.82, 2.24) is 10.2 Å². The molecule has 4 atom stereocenters. The van der Waals surface area contributed by atoms with E-state index < -0.39 is 5.54 Å². The van der Waals surface area contributed by atoms with Gasteiger partial charge in [-0.2, -0.15) is 0 Å². The number of likely N-dealkylation sites (tertiary alicyclic amines) is 1. The van der Waals surface area contributed by atoms with Crippen LogP contribution in [0.25, 0.3) is 0 Å². The highest BCUT2D eigenvalue weighted by molar-refractivity contribution is 5.46. The number of aliphatic hydroxyl groups excluding tert-OH is 1. The highest BCUT2D eigenvalue weighted by Crippen LogP contribution is 2.51. The van der Waals surface area contributed by atoms with Gasteiger partial charge in [-0.05, 0) is 36.2 Å². The average molecular weight is 366 g/mol. The minimum atomic E-state index is -0.422. The van der Waals surface area contributed by atoms with Gasteiger partial charge in [0.05, 0.1) is 12.1 Å². The molecule has 0 amide bonds. The molecule has 3 heterocycles. The summed E-state index contributed by atoms with van der Waals surface area (Å²) >= 11 is 0. The molecule has 2 saturated heterocycles. The summed E-state index contributed by atoms with van der Waals surface area (Å²) in [7, 11) is 2.17. The number of nitrogens with zero attached hydrogens (tertiary/aromatic N) is 1. The van der Waals surface area contributed by atoms with E-state index in [-0.39, 0.29) is 12.6 Å². The molecule has 0 radical (unpaired) electrons. The largest absolute Gasteiger partial charge is 0.486 e. The van der Waals surface area contributed by atoms with Crippen molar-refractivity contribution in [3.05, 3.63) is 59.7 Å². The fourth-order valence-electron chi connectivity index (χ4n) is 5.25. The molecule has 2 fully saturated rings. The molecule has 142 valence electrons. The number of fused-ring (bicyclic) bond motifs is 2. The molecule has 0 aliphatic carbocycles. The summed E-state index contributed by atoms with van der Waals surface area (Å²) in [4.78, 5) is 2.38. The lowest BCUT2D eigenvalue weighted by molar-refractivity contribution is 0.129. The molecular formula is C22H26N2O3. The Labute approximate surface area is 159 Å². The first-order valence-corrected chi connectivity index (χ1v) is 9.73. The Kier molecular flexibility index (Phi) is 4.11. The van der Waals surface area contributed by atoms with Gasteiger partial charge in [-0.3, -0.25) is 5.32 Å². The molecule has 0 aromatic heterocycles. The van der Waals surface area contributed by atoms with Gasteiger partial charge in [0, 0.05) is 25.0 Å². The van der Waals surface area contributed by atoms with Gasteiger partial charge in [0.15, 0.2) is 11.5 Å². The molecule has 5 nitrogen and oxygen atoms in total. The molecule has 0 unspecified atom stereocenters. The van der Waals surface area contributed by atoms with Crippen LogP contribution in [0.15, 0.2) is 48.5 Å². The van der Waals surface area contributed by atoms with Crippen LogP contribution in [0.2, 0.25) is 0 Å². The first kappa shape index (κ1) is 17.0. The summed E-state index contributed by atoms with van der Waals surface area (Å²) in [5.74, 6) is 2.43. The van der Waals surface area contributed by atoms with Gasteiger partial charge in [-0.25, -0.2) is 0 Å². The molecule has 5 rings (SSSR count). The average Bonchev–Trinajstić information content (AvgIpc) is 3.24. The van der Waals surface area contributed by atoms with Crippen LogP contribution in [0.5, 0.6) is 11.5 Å². The maximum Gasteiger partial charge on any atom is 0.161 e. The third-order valence-electron chi connectivity index (χ3n) is 6.49. The van der Waals surface area contributed by atoms with Gasteiger partial charge in [0.2, 0.25) is 0 Å². The fraction of sp³-hybridized carbons (Fsp3) is 0.455. The van der Waals surface area contributed by atoms with Crippen molar-refractivity contribution >= 4 is 0 Å². The van der Waals surface area contributed by atoms with Crippen LogP contribution in [0.3, 0.4) is 0 Å². The van der Waals surface area contributed by atoms with E-state index in [1.54, 1.807) is 0 Å². The summed E-state index contributed by atoms with van der Waals surface area (Å²) in [6.07, 6.45) is 0. The molecule has 5 heteroatoms. The Morgan fingerprint density at radius 2 is 1.85 bits per heavy atom. The normalized spacial score (nSPS) is 32.4. The van der Waals surface area contributed by atoms with E-state index in [0.29, 0.717) is 25.0 Å². The molecule has 0 bridgehead atoms. The van der Waals surface area contributed by atoms with E-state index in [1.165, 1.54) is 5.56 Å². The van der Waals surface area contributed by atoms with E-state index in [9.17, 15) is 5.11 Å². The molecule has 2 N–H and O–H groups in total. The van der Waals surface area contributed by atoms with Gasteiger partial charge in [-0.1, -0.05) is 36.4 Å². The van der Waals surface area contributed by atoms with Crippen LogP contribution >= 0.6 is 0 Å². The van der Waals surface area contributed by atoms with Gasteiger partial charge in [0.25, 0.3) is 0 Å². The number of aliphatic hydroxyl groups is 1. The van der Waals surface area contributed by atoms with Gasteiger partial charge < -0.3 is 19.5 Å². The van der Waals surface area contributed by atoms with Crippen molar-refractivity contribution in [3.63, 3.8) is 0 Å². The number of benzene rings is 2. The summed E-state index contributed by atoms with van der Waals surface area (Å²) in [5.41, 5.74) is 1.95. The van der Waals surface area contributed by atoms with Crippen molar-refractivity contribution in [2.45, 2.75) is 11.6 Å². The van der Waals surface area contributed by atoms with E-state index in [1.807, 2.05) is 12.1 Å². The minimum absolute atomic E-state index is 0.0903. The Bertz CT molecular complexity index is 828. The van der Waals surface area contributed by atoms with E-state index >= 15 is 0 Å². The Balaban J connectivity index is 1.56. The quantitative estimate of drug-likeness (QED) is 0.872. The van der Waals surface area contributed by atoms with E-state index in [4.69, 9.17) is 9.47 Å². The second-order valence-electron chi connectivity index (χ2n) is 8.01. The summed E-state index contributed by atoms with van der Waals surface area (Å²) in [5, 5.41) is 14.4. The van der Waals surface area contributed by atoms with Crippen LogP contribution in [0.1, 0.15) is 17.2 Å². The van der Waals surface area contributed by atoms with Gasteiger partial charge >= 0.3 is 0 Å². The lowest BCUT2D eigenvalue weighted by Gasteiger charge is -2.35. The fourth-order valence-corrected chi connectivity index (χ4v) is 5.25. The molecular weight excluding hydrogens is 340 g/mol. The maximum atomic E-state index is 10.5. The predicted octanol–water partition coefficient (Wildman–Crippen LogP) is 2.17. The van der Waals surface area contributed by atoms with Gasteiger partial charge in [-0.15, -0.1) is 0 Å². The molecule has 0 saturated carbocycles. The van der Waals surface area contributed by atoms with Crippen LogP contribution in [0.4, 0.5) is 0 Å². The third kappa shape index (κ3) is 2.64. The van der Waals surface area contributed by atoms with Crippen LogP contribution in [-0.2, 0) is 5.54 Å². The number of ether oxygens (including phenoxy) is 2. The first-order valence-electron chi connectivity index (χ1n) is 9.73. The van der Waals surface area contributed by atoms with E-state index in [0.717, 1.165) is 30.2 Å². The molecule has 3 aliphatic heterocycles. The Morgan fingerprint density at radius 3 is 2.63 bits per heavy atom.